The van der Waals surface area contributed by atoms with Gasteiger partial charge < -0.3 is 10.1 Å². The SMILES string of the molecule is CCCNc1nnc(-c2ccnc(OC)c2)s1. The van der Waals surface area contributed by atoms with Crippen LogP contribution in [-0.4, -0.2) is 28.8 Å². The maximum Gasteiger partial charge on any atom is 0.213 e. The summed E-state index contributed by atoms with van der Waals surface area (Å²) >= 11 is 1.53. The summed E-state index contributed by atoms with van der Waals surface area (Å²) in [6.07, 6.45) is 2.77. The van der Waals surface area contributed by atoms with Gasteiger partial charge in [-0.05, 0) is 12.5 Å². The summed E-state index contributed by atoms with van der Waals surface area (Å²) in [6.45, 7) is 3.02. The van der Waals surface area contributed by atoms with E-state index in [4.69, 9.17) is 4.74 Å². The van der Waals surface area contributed by atoms with Crippen LogP contribution in [0.3, 0.4) is 0 Å². The first-order chi connectivity index (χ1) is 8.33. The fourth-order valence-electron chi connectivity index (χ4n) is 1.30. The van der Waals surface area contributed by atoms with Gasteiger partial charge in [-0.1, -0.05) is 18.3 Å². The maximum absolute atomic E-state index is 5.08. The average Bonchev–Trinajstić information content (AvgIpc) is 2.85. The van der Waals surface area contributed by atoms with Crippen molar-refractivity contribution in [3.8, 4) is 16.5 Å². The topological polar surface area (TPSA) is 59.9 Å². The lowest BCUT2D eigenvalue weighted by atomic mass is 10.3. The number of methoxy groups -OCH3 is 1. The third kappa shape index (κ3) is 2.91. The van der Waals surface area contributed by atoms with E-state index in [-0.39, 0.29) is 0 Å². The molecule has 0 saturated carbocycles. The Kier molecular flexibility index (Phi) is 3.87. The summed E-state index contributed by atoms with van der Waals surface area (Å²) in [6, 6.07) is 3.75. The first-order valence-corrected chi connectivity index (χ1v) is 6.23. The molecule has 6 heteroatoms. The predicted octanol–water partition coefficient (Wildman–Crippen LogP) is 2.43. The first kappa shape index (κ1) is 11.8. The molecule has 1 N–H and O–H groups in total. The van der Waals surface area contributed by atoms with Gasteiger partial charge in [0.2, 0.25) is 11.0 Å². The Labute approximate surface area is 104 Å². The number of anilines is 1. The Bertz CT molecular complexity index is 486. The minimum atomic E-state index is 0.584. The van der Waals surface area contributed by atoms with Crippen LogP contribution >= 0.6 is 11.3 Å². The van der Waals surface area contributed by atoms with E-state index in [2.05, 4.69) is 27.4 Å². The van der Waals surface area contributed by atoms with E-state index < -0.39 is 0 Å². The van der Waals surface area contributed by atoms with E-state index in [9.17, 15) is 0 Å². The number of ether oxygens (including phenoxy) is 1. The molecule has 2 aromatic rings. The minimum absolute atomic E-state index is 0.584. The molecule has 0 atom stereocenters. The van der Waals surface area contributed by atoms with E-state index in [1.807, 2.05) is 12.1 Å². The smallest absolute Gasteiger partial charge is 0.213 e. The lowest BCUT2D eigenvalue weighted by Gasteiger charge is -1.99. The van der Waals surface area contributed by atoms with Gasteiger partial charge in [-0.25, -0.2) is 4.98 Å². The van der Waals surface area contributed by atoms with Crippen molar-refractivity contribution in [2.45, 2.75) is 13.3 Å². The molecule has 0 aromatic carbocycles. The molecule has 5 nitrogen and oxygen atoms in total. The van der Waals surface area contributed by atoms with Crippen LogP contribution in [0, 0.1) is 0 Å². The lowest BCUT2D eigenvalue weighted by molar-refractivity contribution is 0.398. The van der Waals surface area contributed by atoms with E-state index in [1.54, 1.807) is 13.3 Å². The number of nitrogens with one attached hydrogen (secondary N) is 1. The molecule has 90 valence electrons. The maximum atomic E-state index is 5.08. The highest BCUT2D eigenvalue weighted by Crippen LogP contribution is 2.27. The Morgan fingerprint density at radius 3 is 3.06 bits per heavy atom. The van der Waals surface area contributed by atoms with Gasteiger partial charge >= 0.3 is 0 Å². The molecule has 0 spiro atoms. The van der Waals surface area contributed by atoms with Gasteiger partial charge in [-0.2, -0.15) is 0 Å². The van der Waals surface area contributed by atoms with E-state index >= 15 is 0 Å². The third-order valence-corrected chi connectivity index (χ3v) is 3.07. The monoisotopic (exact) mass is 250 g/mol. The minimum Gasteiger partial charge on any atom is -0.481 e. The van der Waals surface area contributed by atoms with Crippen LogP contribution in [0.15, 0.2) is 18.3 Å². The summed E-state index contributed by atoms with van der Waals surface area (Å²) in [7, 11) is 1.60. The summed E-state index contributed by atoms with van der Waals surface area (Å²) < 4.78 is 5.08. The van der Waals surface area contributed by atoms with Crippen LogP contribution < -0.4 is 10.1 Å². The highest BCUT2D eigenvalue weighted by molar-refractivity contribution is 7.18. The van der Waals surface area contributed by atoms with Gasteiger partial charge in [-0.15, -0.1) is 10.2 Å². The van der Waals surface area contributed by atoms with Gasteiger partial charge in [0.1, 0.15) is 5.01 Å². The van der Waals surface area contributed by atoms with Crippen molar-refractivity contribution in [1.82, 2.24) is 15.2 Å². The molecule has 0 amide bonds. The van der Waals surface area contributed by atoms with Gasteiger partial charge in [0.05, 0.1) is 7.11 Å². The summed E-state index contributed by atoms with van der Waals surface area (Å²) in [5.41, 5.74) is 0.971. The zero-order valence-electron chi connectivity index (χ0n) is 9.80. The molecule has 0 aliphatic heterocycles. The van der Waals surface area contributed by atoms with Crippen molar-refractivity contribution >= 4 is 16.5 Å². The zero-order chi connectivity index (χ0) is 12.1. The fourth-order valence-corrected chi connectivity index (χ4v) is 2.06. The zero-order valence-corrected chi connectivity index (χ0v) is 10.6. The number of pyridine rings is 1. The molecule has 0 aliphatic rings. The summed E-state index contributed by atoms with van der Waals surface area (Å²) in [5, 5.41) is 13.1. The molecular formula is C11H14N4OS. The first-order valence-electron chi connectivity index (χ1n) is 5.41. The lowest BCUT2D eigenvalue weighted by Crippen LogP contribution is -1.98. The fraction of sp³-hybridized carbons (Fsp3) is 0.364. The van der Waals surface area contributed by atoms with Crippen LogP contribution in [0.2, 0.25) is 0 Å². The Morgan fingerprint density at radius 2 is 2.29 bits per heavy atom. The molecule has 0 radical (unpaired) electrons. The normalized spacial score (nSPS) is 10.2. The average molecular weight is 250 g/mol. The van der Waals surface area contributed by atoms with Gasteiger partial charge in [0.15, 0.2) is 0 Å². The van der Waals surface area contributed by atoms with Gasteiger partial charge in [-0.3, -0.25) is 0 Å². The second kappa shape index (κ2) is 5.58. The molecule has 0 bridgehead atoms. The molecule has 0 fully saturated rings. The van der Waals surface area contributed by atoms with E-state index in [0.717, 1.165) is 28.7 Å². The number of rotatable bonds is 5. The Hall–Kier alpha value is -1.69. The van der Waals surface area contributed by atoms with E-state index in [1.165, 1.54) is 11.3 Å². The van der Waals surface area contributed by atoms with Crippen LogP contribution in [0.25, 0.3) is 10.6 Å². The van der Waals surface area contributed by atoms with E-state index in [0.29, 0.717) is 5.88 Å². The quantitative estimate of drug-likeness (QED) is 0.883. The van der Waals surface area contributed by atoms with Gasteiger partial charge in [0.25, 0.3) is 0 Å². The third-order valence-electron chi connectivity index (χ3n) is 2.14. The highest BCUT2D eigenvalue weighted by Gasteiger charge is 2.07. The summed E-state index contributed by atoms with van der Waals surface area (Å²) in [5.74, 6) is 0.584. The number of hydrogen-bond acceptors (Lipinski definition) is 6. The van der Waals surface area contributed by atoms with Crippen molar-refractivity contribution in [3.63, 3.8) is 0 Å². The molecule has 2 aromatic heterocycles. The molecule has 2 heterocycles. The van der Waals surface area contributed by atoms with Crippen LogP contribution in [0.1, 0.15) is 13.3 Å². The van der Waals surface area contributed by atoms with Crippen molar-refractivity contribution in [3.05, 3.63) is 18.3 Å². The predicted molar refractivity (Wildman–Crippen MR) is 68.5 cm³/mol. The second-order valence-electron chi connectivity index (χ2n) is 3.43. The number of hydrogen-bond donors (Lipinski definition) is 1. The summed E-state index contributed by atoms with van der Waals surface area (Å²) in [4.78, 5) is 4.06. The van der Waals surface area contributed by atoms with Crippen LogP contribution in [-0.2, 0) is 0 Å². The molecular weight excluding hydrogens is 236 g/mol. The molecule has 17 heavy (non-hydrogen) atoms. The van der Waals surface area contributed by atoms with Crippen LogP contribution in [0.5, 0.6) is 5.88 Å². The van der Waals surface area contributed by atoms with Crippen LogP contribution in [0.4, 0.5) is 5.13 Å². The molecule has 0 unspecified atom stereocenters. The molecule has 0 aliphatic carbocycles. The molecule has 2 rings (SSSR count). The van der Waals surface area contributed by atoms with Gasteiger partial charge in [0, 0.05) is 24.4 Å². The van der Waals surface area contributed by atoms with Crippen molar-refractivity contribution in [1.29, 1.82) is 0 Å². The standard InChI is InChI=1S/C11H14N4OS/c1-3-5-13-11-15-14-10(17-11)8-4-6-12-9(7-8)16-2/h4,6-7H,3,5H2,1-2H3,(H,13,15). The van der Waals surface area contributed by atoms with Crippen molar-refractivity contribution < 1.29 is 4.74 Å². The Balaban J connectivity index is 2.18. The largest absolute Gasteiger partial charge is 0.481 e. The second-order valence-corrected chi connectivity index (χ2v) is 4.40. The molecule has 0 saturated heterocycles. The highest BCUT2D eigenvalue weighted by atomic mass is 32.1. The van der Waals surface area contributed by atoms with Crippen molar-refractivity contribution in [2.75, 3.05) is 19.0 Å². The number of aromatic nitrogens is 3. The Morgan fingerprint density at radius 1 is 1.41 bits per heavy atom. The number of nitrogens with zero attached hydrogens (tertiary/aromatic N) is 3. The van der Waals surface area contributed by atoms with Crippen molar-refractivity contribution in [2.24, 2.45) is 0 Å².